The lowest BCUT2D eigenvalue weighted by Crippen LogP contribution is -1.88. The van der Waals surface area contributed by atoms with Gasteiger partial charge in [0, 0.05) is 22.8 Å². The van der Waals surface area contributed by atoms with Crippen LogP contribution < -0.4 is 4.74 Å². The van der Waals surface area contributed by atoms with Crippen molar-refractivity contribution in [2.75, 3.05) is 7.11 Å². The Balaban J connectivity index is 1.83. The third-order valence-corrected chi connectivity index (χ3v) is 6.78. The minimum atomic E-state index is 0.879. The van der Waals surface area contributed by atoms with Crippen molar-refractivity contribution in [1.29, 1.82) is 0 Å². The molecule has 0 spiro atoms. The Labute approximate surface area is 183 Å². The van der Waals surface area contributed by atoms with Gasteiger partial charge in [-0.15, -0.1) is 0 Å². The van der Waals surface area contributed by atoms with Gasteiger partial charge in [0.15, 0.2) is 0 Å². The lowest BCUT2D eigenvalue weighted by molar-refractivity contribution is 0.415. The summed E-state index contributed by atoms with van der Waals surface area (Å²) in [4.78, 5) is 2.57. The van der Waals surface area contributed by atoms with E-state index < -0.39 is 0 Å². The van der Waals surface area contributed by atoms with Crippen molar-refractivity contribution < 1.29 is 4.74 Å². The zero-order chi connectivity index (χ0) is 20.9. The quantitative estimate of drug-likeness (QED) is 0.291. The first-order valence-corrected chi connectivity index (χ1v) is 11.3. The predicted molar refractivity (Wildman–Crippen MR) is 130 cm³/mol. The molecule has 4 rings (SSSR count). The number of rotatable bonds is 6. The number of hydrogen-bond acceptors (Lipinski definition) is 1. The van der Waals surface area contributed by atoms with Gasteiger partial charge in [-0.2, -0.15) is 0 Å². The second-order valence-electron chi connectivity index (χ2n) is 7.37. The molecule has 0 fully saturated rings. The van der Waals surface area contributed by atoms with E-state index in [1.807, 2.05) is 23.5 Å². The van der Waals surface area contributed by atoms with Gasteiger partial charge < -0.3 is 4.74 Å². The average molecular weight is 412 g/mol. The molecule has 0 aliphatic carbocycles. The molecule has 1 aromatic heterocycles. The van der Waals surface area contributed by atoms with Gasteiger partial charge in [0.1, 0.15) is 5.75 Å². The van der Waals surface area contributed by atoms with E-state index in [2.05, 4.69) is 86.6 Å². The molecular formula is C28H27OS+. The topological polar surface area (TPSA) is 9.23 Å². The summed E-state index contributed by atoms with van der Waals surface area (Å²) < 4.78 is 5.34. The van der Waals surface area contributed by atoms with Crippen LogP contribution in [-0.4, -0.2) is 7.11 Å². The predicted octanol–water partition coefficient (Wildman–Crippen LogP) is 8.16. The number of hydrogen-bond donors (Lipinski definition) is 0. The summed E-state index contributed by atoms with van der Waals surface area (Å²) in [7, 11) is 1.70. The van der Waals surface area contributed by atoms with Crippen LogP contribution in [-0.2, 0) is 12.8 Å². The molecule has 0 atom stereocenters. The molecule has 0 saturated carbocycles. The minimum absolute atomic E-state index is 0.879. The first-order valence-electron chi connectivity index (χ1n) is 10.5. The smallest absolute Gasteiger partial charge is 0.246 e. The minimum Gasteiger partial charge on any atom is -0.497 e. The van der Waals surface area contributed by atoms with Crippen molar-refractivity contribution >= 4 is 11.3 Å². The van der Waals surface area contributed by atoms with Gasteiger partial charge in [-0.1, -0.05) is 50.2 Å². The summed E-state index contributed by atoms with van der Waals surface area (Å²) in [5.41, 5.74) is 7.71. The molecule has 3 aromatic carbocycles. The van der Waals surface area contributed by atoms with Gasteiger partial charge in [-0.05, 0) is 72.0 Å². The highest BCUT2D eigenvalue weighted by Crippen LogP contribution is 2.40. The van der Waals surface area contributed by atoms with Crippen LogP contribution in [0.25, 0.3) is 32.0 Å². The Bertz CT molecular complexity index is 1110. The van der Waals surface area contributed by atoms with Gasteiger partial charge in [0.25, 0.3) is 0 Å². The van der Waals surface area contributed by atoms with Crippen LogP contribution in [0, 0.1) is 0 Å². The SMILES string of the molecule is CCc1ccc(-c2ccc(-c3ccc(OC)cc3)c(-c3ccc(CC)cc3)[s+]2)cc1. The van der Waals surface area contributed by atoms with Gasteiger partial charge in [-0.25, -0.2) is 0 Å². The summed E-state index contributed by atoms with van der Waals surface area (Å²) in [5.74, 6) is 0.879. The van der Waals surface area contributed by atoms with Crippen molar-refractivity contribution in [3.63, 3.8) is 0 Å². The van der Waals surface area contributed by atoms with Crippen LogP contribution in [0.4, 0.5) is 0 Å². The molecule has 0 aliphatic heterocycles. The zero-order valence-corrected chi connectivity index (χ0v) is 18.6. The Kier molecular flexibility index (Phi) is 6.25. The summed E-state index contributed by atoms with van der Waals surface area (Å²) in [5, 5.41) is 0. The van der Waals surface area contributed by atoms with Crippen molar-refractivity contribution in [3.05, 3.63) is 96.1 Å². The summed E-state index contributed by atoms with van der Waals surface area (Å²) in [6, 6.07) is 30.8. The molecule has 0 N–H and O–H groups in total. The second kappa shape index (κ2) is 9.23. The standard InChI is InChI=1S/C28H27OS/c1-4-20-6-10-23(11-7-20)27-19-18-26(22-14-16-25(29-3)17-15-22)28(30-27)24-12-8-21(5-2)9-13-24/h6-19H,4-5H2,1-3H3/q+1. The Hall–Kier alpha value is -2.97. The second-order valence-corrected chi connectivity index (χ2v) is 8.42. The number of methoxy groups -OCH3 is 1. The van der Waals surface area contributed by atoms with E-state index in [1.54, 1.807) is 7.11 Å². The van der Waals surface area contributed by atoms with Gasteiger partial charge in [0.2, 0.25) is 21.1 Å². The van der Waals surface area contributed by atoms with Crippen molar-refractivity contribution in [2.24, 2.45) is 0 Å². The van der Waals surface area contributed by atoms with Crippen LogP contribution in [0.2, 0.25) is 0 Å². The third-order valence-electron chi connectivity index (χ3n) is 5.53. The molecule has 1 nitrogen and oxygen atoms in total. The van der Waals surface area contributed by atoms with E-state index >= 15 is 0 Å². The lowest BCUT2D eigenvalue weighted by Gasteiger charge is -2.06. The maximum absolute atomic E-state index is 5.34. The van der Waals surface area contributed by atoms with Gasteiger partial charge >= 0.3 is 0 Å². The first kappa shape index (κ1) is 20.3. The fourth-order valence-electron chi connectivity index (χ4n) is 3.60. The van der Waals surface area contributed by atoms with Crippen molar-refractivity contribution in [3.8, 4) is 37.8 Å². The molecule has 150 valence electrons. The molecule has 0 radical (unpaired) electrons. The summed E-state index contributed by atoms with van der Waals surface area (Å²) in [6.45, 7) is 4.39. The van der Waals surface area contributed by atoms with Crippen molar-refractivity contribution in [1.82, 2.24) is 0 Å². The fourth-order valence-corrected chi connectivity index (χ4v) is 4.76. The van der Waals surface area contributed by atoms with E-state index in [1.165, 1.54) is 43.1 Å². The molecular weight excluding hydrogens is 384 g/mol. The number of aryl methyl sites for hydroxylation is 2. The molecule has 0 aliphatic rings. The van der Waals surface area contributed by atoms with Crippen LogP contribution in [0.3, 0.4) is 0 Å². The van der Waals surface area contributed by atoms with Crippen LogP contribution >= 0.6 is 11.3 Å². The Morgan fingerprint density at radius 3 is 1.67 bits per heavy atom. The monoisotopic (exact) mass is 411 g/mol. The Morgan fingerprint density at radius 1 is 0.600 bits per heavy atom. The summed E-state index contributed by atoms with van der Waals surface area (Å²) in [6.07, 6.45) is 2.12. The molecule has 2 heteroatoms. The van der Waals surface area contributed by atoms with E-state index in [9.17, 15) is 0 Å². The molecule has 4 aromatic rings. The van der Waals surface area contributed by atoms with Gasteiger partial charge in [-0.3, -0.25) is 0 Å². The maximum Gasteiger partial charge on any atom is 0.246 e. The molecule has 30 heavy (non-hydrogen) atoms. The van der Waals surface area contributed by atoms with E-state index in [-0.39, 0.29) is 0 Å². The van der Waals surface area contributed by atoms with E-state index in [0.29, 0.717) is 0 Å². The highest BCUT2D eigenvalue weighted by Gasteiger charge is 2.22. The van der Waals surface area contributed by atoms with Crippen molar-refractivity contribution in [2.45, 2.75) is 26.7 Å². The molecule has 0 bridgehead atoms. The molecule has 0 unspecified atom stereocenters. The third kappa shape index (κ3) is 4.29. The normalized spacial score (nSPS) is 10.8. The van der Waals surface area contributed by atoms with Crippen LogP contribution in [0.5, 0.6) is 5.75 Å². The number of benzene rings is 3. The Morgan fingerprint density at radius 2 is 1.13 bits per heavy atom. The van der Waals surface area contributed by atoms with Crippen LogP contribution in [0.1, 0.15) is 25.0 Å². The lowest BCUT2D eigenvalue weighted by atomic mass is 10.0. The molecule has 0 amide bonds. The maximum atomic E-state index is 5.34. The number of ether oxygens (including phenoxy) is 1. The highest BCUT2D eigenvalue weighted by molar-refractivity contribution is 7.18. The molecule has 0 saturated heterocycles. The van der Waals surface area contributed by atoms with Gasteiger partial charge in [0.05, 0.1) is 7.11 Å². The first-order chi connectivity index (χ1) is 14.7. The summed E-state index contributed by atoms with van der Waals surface area (Å²) >= 11 is 1.86. The average Bonchev–Trinajstić information content (AvgIpc) is 2.84. The largest absolute Gasteiger partial charge is 0.497 e. The van der Waals surface area contributed by atoms with Crippen LogP contribution in [0.15, 0.2) is 84.9 Å². The van der Waals surface area contributed by atoms with E-state index in [0.717, 1.165) is 18.6 Å². The zero-order valence-electron chi connectivity index (χ0n) is 17.8. The van der Waals surface area contributed by atoms with E-state index in [4.69, 9.17) is 4.74 Å². The highest BCUT2D eigenvalue weighted by atomic mass is 32.1. The molecule has 1 heterocycles. The fraction of sp³-hybridized carbons (Fsp3) is 0.179.